The van der Waals surface area contributed by atoms with Crippen molar-refractivity contribution in [3.63, 3.8) is 0 Å². The predicted molar refractivity (Wildman–Crippen MR) is 72.3 cm³/mol. The number of hydrogen-bond acceptors (Lipinski definition) is 2. The number of nitrogens with two attached hydrogens (primary N) is 1. The molecule has 0 unspecified atom stereocenters. The summed E-state index contributed by atoms with van der Waals surface area (Å²) in [5.74, 6) is -1.40. The van der Waals surface area contributed by atoms with Crippen LogP contribution in [0.1, 0.15) is 16.7 Å². The maximum Gasteiger partial charge on any atom is 0.143 e. The summed E-state index contributed by atoms with van der Waals surface area (Å²) in [4.78, 5) is 4.04. The van der Waals surface area contributed by atoms with Crippen LogP contribution in [0.4, 0.5) is 8.78 Å². The van der Waals surface area contributed by atoms with Crippen LogP contribution < -0.4 is 5.73 Å². The van der Waals surface area contributed by atoms with E-state index < -0.39 is 11.6 Å². The zero-order valence-electron chi connectivity index (χ0n) is 10.8. The van der Waals surface area contributed by atoms with Gasteiger partial charge in [0, 0.05) is 23.7 Å². The number of pyridine rings is 1. The molecule has 1 aromatic heterocycles. The van der Waals surface area contributed by atoms with Gasteiger partial charge in [0.15, 0.2) is 0 Å². The molecule has 0 saturated carbocycles. The van der Waals surface area contributed by atoms with Crippen molar-refractivity contribution in [1.29, 1.82) is 0 Å². The summed E-state index contributed by atoms with van der Waals surface area (Å²) in [7, 11) is 0. The first kappa shape index (κ1) is 13.2. The van der Waals surface area contributed by atoms with Crippen LogP contribution in [0.3, 0.4) is 0 Å². The Morgan fingerprint density at radius 1 is 1.16 bits per heavy atom. The minimum atomic E-state index is -0.710. The molecular weight excluding hydrogens is 246 g/mol. The van der Waals surface area contributed by atoms with E-state index in [0.717, 1.165) is 11.1 Å². The largest absolute Gasteiger partial charge is 0.399 e. The molecular formula is C15H14F2N2. The summed E-state index contributed by atoms with van der Waals surface area (Å²) in [6.07, 6.45) is 3.28. The lowest BCUT2D eigenvalue weighted by molar-refractivity contribution is 0.579. The number of benzene rings is 1. The van der Waals surface area contributed by atoms with Gasteiger partial charge >= 0.3 is 0 Å². The Morgan fingerprint density at radius 2 is 1.74 bits per heavy atom. The molecule has 0 amide bonds. The van der Waals surface area contributed by atoms with E-state index in [4.69, 9.17) is 5.73 Å². The number of aryl methyl sites for hydroxylation is 2. The molecule has 0 bridgehead atoms. The number of rotatable bonds is 2. The minimum absolute atomic E-state index is 0.124. The summed E-state index contributed by atoms with van der Waals surface area (Å²) in [6.45, 7) is 7.07. The average molecular weight is 260 g/mol. The topological polar surface area (TPSA) is 38.9 Å². The highest BCUT2D eigenvalue weighted by Gasteiger charge is 2.18. The Kier molecular flexibility index (Phi) is 3.34. The smallest absolute Gasteiger partial charge is 0.143 e. The molecule has 0 saturated heterocycles. The van der Waals surface area contributed by atoms with Crippen molar-refractivity contribution >= 4 is 5.70 Å². The standard InChI is InChI=1S/C15H14F2N2/c1-8-6-19-7-9(2)13(8)11-4-5-12(16)14(10(3)18)15(11)17/h4-7H,3,18H2,1-2H3. The summed E-state index contributed by atoms with van der Waals surface area (Å²) in [5, 5.41) is 0. The Labute approximate surface area is 110 Å². The monoisotopic (exact) mass is 260 g/mol. The van der Waals surface area contributed by atoms with E-state index in [1.807, 2.05) is 13.8 Å². The fourth-order valence-corrected chi connectivity index (χ4v) is 2.17. The molecule has 1 aromatic carbocycles. The van der Waals surface area contributed by atoms with Gasteiger partial charge in [-0.05, 0) is 42.7 Å². The molecule has 2 rings (SSSR count). The average Bonchev–Trinajstić information content (AvgIpc) is 2.31. The molecule has 0 radical (unpaired) electrons. The second-order valence-electron chi connectivity index (χ2n) is 4.46. The lowest BCUT2D eigenvalue weighted by atomic mass is 9.95. The second kappa shape index (κ2) is 4.80. The summed E-state index contributed by atoms with van der Waals surface area (Å²) < 4.78 is 28.0. The fraction of sp³-hybridized carbons (Fsp3) is 0.133. The molecule has 0 aliphatic heterocycles. The van der Waals surface area contributed by atoms with Crippen LogP contribution in [-0.2, 0) is 0 Å². The van der Waals surface area contributed by atoms with Gasteiger partial charge in [0.2, 0.25) is 0 Å². The highest BCUT2D eigenvalue weighted by atomic mass is 19.1. The Bertz CT molecular complexity index is 643. The fourth-order valence-electron chi connectivity index (χ4n) is 2.17. The molecule has 19 heavy (non-hydrogen) atoms. The molecule has 2 N–H and O–H groups in total. The van der Waals surface area contributed by atoms with Gasteiger partial charge in [-0.1, -0.05) is 6.58 Å². The van der Waals surface area contributed by atoms with Gasteiger partial charge in [0.25, 0.3) is 0 Å². The number of hydrogen-bond donors (Lipinski definition) is 1. The van der Waals surface area contributed by atoms with Crippen LogP contribution in [0.15, 0.2) is 31.1 Å². The minimum Gasteiger partial charge on any atom is -0.399 e. The van der Waals surface area contributed by atoms with E-state index in [2.05, 4.69) is 11.6 Å². The first-order valence-corrected chi connectivity index (χ1v) is 5.77. The van der Waals surface area contributed by atoms with Gasteiger partial charge < -0.3 is 5.73 Å². The van der Waals surface area contributed by atoms with Crippen molar-refractivity contribution in [2.24, 2.45) is 5.73 Å². The van der Waals surface area contributed by atoms with Crippen molar-refractivity contribution in [2.45, 2.75) is 13.8 Å². The summed E-state index contributed by atoms with van der Waals surface area (Å²) in [5.41, 5.74) is 7.70. The van der Waals surface area contributed by atoms with Gasteiger partial charge in [-0.15, -0.1) is 0 Å². The van der Waals surface area contributed by atoms with E-state index >= 15 is 0 Å². The Morgan fingerprint density at radius 3 is 2.26 bits per heavy atom. The van der Waals surface area contributed by atoms with E-state index in [-0.39, 0.29) is 11.3 Å². The number of nitrogens with zero attached hydrogens (tertiary/aromatic N) is 1. The molecule has 2 aromatic rings. The zero-order valence-corrected chi connectivity index (χ0v) is 10.8. The maximum atomic E-state index is 14.4. The van der Waals surface area contributed by atoms with Gasteiger partial charge in [-0.2, -0.15) is 0 Å². The van der Waals surface area contributed by atoms with E-state index in [9.17, 15) is 8.78 Å². The van der Waals surface area contributed by atoms with Crippen LogP contribution in [0, 0.1) is 25.5 Å². The molecule has 0 atom stereocenters. The van der Waals surface area contributed by atoms with Gasteiger partial charge in [-0.25, -0.2) is 8.78 Å². The van der Waals surface area contributed by atoms with E-state index in [1.54, 1.807) is 12.4 Å². The van der Waals surface area contributed by atoms with Crippen LogP contribution >= 0.6 is 0 Å². The lowest BCUT2D eigenvalue weighted by Crippen LogP contribution is -2.04. The van der Waals surface area contributed by atoms with Crippen molar-refractivity contribution in [3.05, 3.63) is 59.4 Å². The molecule has 2 nitrogen and oxygen atoms in total. The number of halogens is 2. The maximum absolute atomic E-state index is 14.4. The quantitative estimate of drug-likeness (QED) is 0.896. The third-order valence-electron chi connectivity index (χ3n) is 3.01. The summed E-state index contributed by atoms with van der Waals surface area (Å²) >= 11 is 0. The van der Waals surface area contributed by atoms with Crippen LogP contribution in [0.5, 0.6) is 0 Å². The highest BCUT2D eigenvalue weighted by molar-refractivity contribution is 5.75. The van der Waals surface area contributed by atoms with Crippen LogP contribution in [0.25, 0.3) is 16.8 Å². The van der Waals surface area contributed by atoms with Gasteiger partial charge in [0.1, 0.15) is 11.6 Å². The SMILES string of the molecule is C=C(N)c1c(F)ccc(-c2c(C)cncc2C)c1F. The van der Waals surface area contributed by atoms with Crippen molar-refractivity contribution in [3.8, 4) is 11.1 Å². The molecule has 0 spiro atoms. The van der Waals surface area contributed by atoms with E-state index in [1.165, 1.54) is 12.1 Å². The molecule has 98 valence electrons. The molecule has 0 aliphatic carbocycles. The Balaban J connectivity index is 2.78. The van der Waals surface area contributed by atoms with Crippen molar-refractivity contribution in [1.82, 2.24) is 4.98 Å². The predicted octanol–water partition coefficient (Wildman–Crippen LogP) is 3.57. The van der Waals surface area contributed by atoms with Crippen molar-refractivity contribution in [2.75, 3.05) is 0 Å². The first-order chi connectivity index (χ1) is 8.93. The highest BCUT2D eigenvalue weighted by Crippen LogP contribution is 2.32. The third-order valence-corrected chi connectivity index (χ3v) is 3.01. The van der Waals surface area contributed by atoms with Crippen LogP contribution in [0.2, 0.25) is 0 Å². The Hall–Kier alpha value is -2.23. The molecule has 4 heteroatoms. The summed E-state index contributed by atoms with van der Waals surface area (Å²) in [6, 6.07) is 2.61. The van der Waals surface area contributed by atoms with E-state index in [0.29, 0.717) is 11.1 Å². The molecule has 0 aliphatic rings. The van der Waals surface area contributed by atoms with Crippen LogP contribution in [-0.4, -0.2) is 4.98 Å². The van der Waals surface area contributed by atoms with Crippen molar-refractivity contribution < 1.29 is 8.78 Å². The second-order valence-corrected chi connectivity index (χ2v) is 4.46. The van der Waals surface area contributed by atoms with Gasteiger partial charge in [-0.3, -0.25) is 4.98 Å². The lowest BCUT2D eigenvalue weighted by Gasteiger charge is -2.13. The normalized spacial score (nSPS) is 10.5. The zero-order chi connectivity index (χ0) is 14.2. The van der Waals surface area contributed by atoms with Gasteiger partial charge in [0.05, 0.1) is 5.56 Å². The third kappa shape index (κ3) is 2.21. The molecule has 1 heterocycles. The first-order valence-electron chi connectivity index (χ1n) is 5.77. The molecule has 0 fully saturated rings. The number of aromatic nitrogens is 1.